The number of nitrogens with zero attached hydrogens (tertiary/aromatic N) is 12. The lowest BCUT2D eigenvalue weighted by Gasteiger charge is -2.25. The van der Waals surface area contributed by atoms with E-state index in [1.165, 1.54) is 26.4 Å². The van der Waals surface area contributed by atoms with Crippen LogP contribution in [0.1, 0.15) is 82.8 Å². The summed E-state index contributed by atoms with van der Waals surface area (Å²) < 4.78 is 127. The Kier molecular flexibility index (Phi) is 12.0. The number of imidazole rings is 2. The van der Waals surface area contributed by atoms with Gasteiger partial charge in [0.25, 0.3) is 0 Å². The van der Waals surface area contributed by atoms with Crippen molar-refractivity contribution in [3.63, 3.8) is 0 Å². The molecule has 0 radical (unpaired) electrons. The molecule has 0 saturated carbocycles. The predicted octanol–water partition coefficient (Wildman–Crippen LogP) is 9.85. The molecule has 0 saturated heterocycles. The first-order chi connectivity index (χ1) is 32.5. The summed E-state index contributed by atoms with van der Waals surface area (Å²) in [6.07, 6.45) is -0.281. The van der Waals surface area contributed by atoms with E-state index in [4.69, 9.17) is 9.47 Å². The molecule has 0 aliphatic carbocycles. The molecule has 0 N–H and O–H groups in total. The molecule has 10 rings (SSSR count). The number of aryl methyl sites for hydroxylation is 4. The molecule has 0 spiro atoms. The zero-order chi connectivity index (χ0) is 48.1. The van der Waals surface area contributed by atoms with Crippen LogP contribution in [-0.2, 0) is 25.4 Å². The van der Waals surface area contributed by atoms with Gasteiger partial charge in [0.2, 0.25) is 11.8 Å². The van der Waals surface area contributed by atoms with Crippen LogP contribution in [0.25, 0.3) is 34.4 Å². The topological polar surface area (TPSA) is 141 Å². The van der Waals surface area contributed by atoms with Crippen molar-refractivity contribution in [3.05, 3.63) is 143 Å². The second-order valence-electron chi connectivity index (χ2n) is 16.2. The third-order valence-corrected chi connectivity index (χ3v) is 11.6. The van der Waals surface area contributed by atoms with Gasteiger partial charge in [0.05, 0.1) is 49.4 Å². The minimum Gasteiger partial charge on any atom is -0.479 e. The van der Waals surface area contributed by atoms with Gasteiger partial charge in [0.15, 0.2) is 11.6 Å². The highest BCUT2D eigenvalue weighted by Gasteiger charge is 2.40. The van der Waals surface area contributed by atoms with Gasteiger partial charge >= 0.3 is 12.4 Å². The molecule has 8 heterocycles. The highest BCUT2D eigenvalue weighted by atomic mass is 19.4. The minimum atomic E-state index is -4.68. The number of rotatable bonds is 8. The van der Waals surface area contributed by atoms with Gasteiger partial charge in [-0.2, -0.15) is 26.3 Å². The van der Waals surface area contributed by atoms with Gasteiger partial charge in [-0.1, -0.05) is 12.1 Å². The Morgan fingerprint density at radius 1 is 0.559 bits per heavy atom. The maximum atomic E-state index is 13.7. The van der Waals surface area contributed by atoms with E-state index in [2.05, 4.69) is 40.1 Å². The molecule has 0 unspecified atom stereocenters. The van der Waals surface area contributed by atoms with E-state index in [1.54, 1.807) is 55.4 Å². The number of methoxy groups -OCH3 is 2. The largest absolute Gasteiger partial charge is 0.479 e. The number of benzene rings is 2. The second kappa shape index (κ2) is 17.9. The zero-order valence-electron chi connectivity index (χ0n) is 36.7. The fourth-order valence-electron chi connectivity index (χ4n) is 8.58. The van der Waals surface area contributed by atoms with E-state index in [0.717, 1.165) is 23.5 Å². The maximum absolute atomic E-state index is 13.7. The summed E-state index contributed by atoms with van der Waals surface area (Å²) in [6, 6.07) is 12.6. The van der Waals surface area contributed by atoms with E-state index >= 15 is 0 Å². The van der Waals surface area contributed by atoms with Crippen LogP contribution in [0.5, 0.6) is 11.8 Å². The average molecular weight is 945 g/mol. The summed E-state index contributed by atoms with van der Waals surface area (Å²) in [5.74, 6) is -1.17. The van der Waals surface area contributed by atoms with Gasteiger partial charge in [-0.15, -0.1) is 10.2 Å². The molecule has 0 bridgehead atoms. The van der Waals surface area contributed by atoms with Crippen LogP contribution in [0.3, 0.4) is 0 Å². The van der Waals surface area contributed by atoms with Crippen LogP contribution >= 0.6 is 0 Å². The highest BCUT2D eigenvalue weighted by Crippen LogP contribution is 2.43. The minimum absolute atomic E-state index is 0.00911. The predicted molar refractivity (Wildman–Crippen MR) is 228 cm³/mol. The second-order valence-corrected chi connectivity index (χ2v) is 16.2. The Bertz CT molecular complexity index is 2930. The van der Waals surface area contributed by atoms with E-state index in [9.17, 15) is 35.1 Å². The fourth-order valence-corrected chi connectivity index (χ4v) is 8.58. The number of fused-ring (bicyclic) bond motifs is 2. The van der Waals surface area contributed by atoms with Crippen LogP contribution in [0.2, 0.25) is 0 Å². The number of hydrogen-bond acceptors (Lipinski definition) is 10. The molecule has 2 aliphatic heterocycles. The van der Waals surface area contributed by atoms with Crippen molar-refractivity contribution in [1.29, 1.82) is 0 Å². The first-order valence-electron chi connectivity index (χ1n) is 21.2. The molecule has 2 aliphatic rings. The van der Waals surface area contributed by atoms with Crippen molar-refractivity contribution in [2.75, 3.05) is 14.2 Å². The highest BCUT2D eigenvalue weighted by molar-refractivity contribution is 5.57. The monoisotopic (exact) mass is 944 g/mol. The molecule has 352 valence electrons. The SMILES string of the molecule is COc1nc(-c2nc3n(n2)CCC[C@@H]3c2ccc(F)cc2C(F)(F)F)ccc1-n1cnc(C)c1.COc1nc(-c2nc3n(n2)CCC[C@H]3c2ccc(F)cc2C(F)(F)F)ccc1-n1cnc(C)c1. The first kappa shape index (κ1) is 45.6. The van der Waals surface area contributed by atoms with Crippen molar-refractivity contribution in [1.82, 2.24) is 58.6 Å². The Balaban J connectivity index is 0.000000170. The van der Waals surface area contributed by atoms with Gasteiger partial charge in [0.1, 0.15) is 46.0 Å². The molecule has 0 amide bonds. The number of ether oxygens (including phenoxy) is 2. The van der Waals surface area contributed by atoms with Crippen LogP contribution < -0.4 is 9.47 Å². The lowest BCUT2D eigenvalue weighted by molar-refractivity contribution is -0.139. The molecular formula is C46H40F8N12O2. The molecule has 14 nitrogen and oxygen atoms in total. The van der Waals surface area contributed by atoms with Crippen LogP contribution in [0.4, 0.5) is 35.1 Å². The van der Waals surface area contributed by atoms with Gasteiger partial charge in [-0.25, -0.2) is 48.0 Å². The Hall–Kier alpha value is -7.52. The number of halogens is 8. The smallest absolute Gasteiger partial charge is 0.416 e. The first-order valence-corrected chi connectivity index (χ1v) is 21.2. The molecular weight excluding hydrogens is 905 g/mol. The standard InChI is InChI=1S/2C23H20F4N6O/c2*1-13-11-32(12-28-13)19-8-7-18(29-22(19)34-2)20-30-21-16(4-3-9-33(21)31-20)15-6-5-14(24)10-17(15)23(25,26)27/h2*5-8,10-12,16H,3-4,9H2,1-2H3/t2*16-/m10/s1. The van der Waals surface area contributed by atoms with E-state index in [1.807, 2.05) is 26.2 Å². The van der Waals surface area contributed by atoms with E-state index < -0.39 is 46.9 Å². The summed E-state index contributed by atoms with van der Waals surface area (Å²) in [7, 11) is 2.99. The van der Waals surface area contributed by atoms with Crippen LogP contribution in [-0.4, -0.2) is 72.8 Å². The summed E-state index contributed by atoms with van der Waals surface area (Å²) in [5.41, 5.74) is 1.87. The van der Waals surface area contributed by atoms with Crippen molar-refractivity contribution in [2.45, 2.75) is 76.8 Å². The summed E-state index contributed by atoms with van der Waals surface area (Å²) in [6.45, 7) is 4.77. The van der Waals surface area contributed by atoms with Crippen molar-refractivity contribution in [2.24, 2.45) is 0 Å². The molecule has 0 fully saturated rings. The number of hydrogen-bond donors (Lipinski definition) is 0. The quantitative estimate of drug-likeness (QED) is 0.135. The van der Waals surface area contributed by atoms with E-state index in [-0.39, 0.29) is 22.8 Å². The van der Waals surface area contributed by atoms with Gasteiger partial charge in [0, 0.05) is 37.3 Å². The Morgan fingerprint density at radius 3 is 1.32 bits per heavy atom. The molecule has 2 aromatic carbocycles. The van der Waals surface area contributed by atoms with Crippen molar-refractivity contribution in [3.8, 4) is 46.2 Å². The van der Waals surface area contributed by atoms with E-state index in [0.29, 0.717) is 97.1 Å². The summed E-state index contributed by atoms with van der Waals surface area (Å²) in [4.78, 5) is 26.6. The average Bonchev–Trinajstić information content (AvgIpc) is 4.15. The molecule has 22 heteroatoms. The molecule has 68 heavy (non-hydrogen) atoms. The van der Waals surface area contributed by atoms with Gasteiger partial charge < -0.3 is 18.6 Å². The number of alkyl halides is 6. The third-order valence-electron chi connectivity index (χ3n) is 11.6. The fraction of sp³-hybridized carbons (Fsp3) is 0.304. The normalized spacial score (nSPS) is 15.9. The molecule has 2 atom stereocenters. The Labute approximate surface area is 382 Å². The molecule has 8 aromatic rings. The Morgan fingerprint density at radius 2 is 0.971 bits per heavy atom. The lowest BCUT2D eigenvalue weighted by Crippen LogP contribution is -2.21. The third kappa shape index (κ3) is 9.01. The zero-order valence-corrected chi connectivity index (χ0v) is 36.7. The van der Waals surface area contributed by atoms with Crippen LogP contribution in [0, 0.1) is 25.5 Å². The lowest BCUT2D eigenvalue weighted by atomic mass is 9.87. The summed E-state index contributed by atoms with van der Waals surface area (Å²) >= 11 is 0. The number of aromatic nitrogens is 12. The number of pyridine rings is 2. The maximum Gasteiger partial charge on any atom is 0.416 e. The van der Waals surface area contributed by atoms with Gasteiger partial charge in [-0.3, -0.25) is 0 Å². The van der Waals surface area contributed by atoms with Crippen molar-refractivity contribution >= 4 is 0 Å². The summed E-state index contributed by atoms with van der Waals surface area (Å²) in [5, 5.41) is 9.00. The van der Waals surface area contributed by atoms with Crippen molar-refractivity contribution < 1.29 is 44.6 Å². The van der Waals surface area contributed by atoms with Crippen LogP contribution in [0.15, 0.2) is 85.7 Å². The molecule has 6 aromatic heterocycles. The van der Waals surface area contributed by atoms with Gasteiger partial charge in [-0.05, 0) is 99.2 Å².